The average Bonchev–Trinajstić information content (AvgIpc) is 2.24. The molecule has 5 heteroatoms. The summed E-state index contributed by atoms with van der Waals surface area (Å²) in [5, 5.41) is 14.8. The fourth-order valence-corrected chi connectivity index (χ4v) is 1.76. The summed E-state index contributed by atoms with van der Waals surface area (Å²) in [5.74, 6) is -0.105. The minimum Gasteiger partial charge on any atom is -0.375 e. The quantitative estimate of drug-likeness (QED) is 0.902. The molecule has 0 aliphatic heterocycles. The molecular weight excluding hydrogens is 294 g/mol. The molecule has 1 amide bonds. The molecule has 0 radical (unpaired) electrons. The van der Waals surface area contributed by atoms with E-state index < -0.39 is 0 Å². The third-order valence-corrected chi connectivity index (χ3v) is 2.55. The zero-order chi connectivity index (χ0) is 13.8. The topological polar surface area (TPSA) is 64.9 Å². The van der Waals surface area contributed by atoms with Crippen molar-refractivity contribution in [3.05, 3.63) is 28.2 Å². The molecule has 1 rings (SSSR count). The molecule has 1 aromatic rings. The molecule has 0 aliphatic carbocycles. The van der Waals surface area contributed by atoms with Gasteiger partial charge in [-0.1, -0.05) is 15.9 Å². The highest BCUT2D eigenvalue weighted by atomic mass is 79.9. The lowest BCUT2D eigenvalue weighted by Gasteiger charge is -2.20. The lowest BCUT2D eigenvalue weighted by atomic mass is 10.1. The highest BCUT2D eigenvalue weighted by molar-refractivity contribution is 9.10. The van der Waals surface area contributed by atoms with E-state index in [1.54, 1.807) is 18.2 Å². The predicted octanol–water partition coefficient (Wildman–Crippen LogP) is 2.65. The van der Waals surface area contributed by atoms with E-state index in [2.05, 4.69) is 32.6 Å². The second kappa shape index (κ2) is 5.87. The molecule has 0 saturated heterocycles. The maximum atomic E-state index is 11.6. The third kappa shape index (κ3) is 4.76. The predicted molar refractivity (Wildman–Crippen MR) is 75.2 cm³/mol. The minimum absolute atomic E-state index is 0.105. The van der Waals surface area contributed by atoms with Gasteiger partial charge in [0.15, 0.2) is 0 Å². The number of carbonyl (C=O) groups is 1. The first-order valence-corrected chi connectivity index (χ1v) is 6.35. The fourth-order valence-electron chi connectivity index (χ4n) is 1.40. The number of hydrogen-bond acceptors (Lipinski definition) is 3. The summed E-state index contributed by atoms with van der Waals surface area (Å²) in [6.07, 6.45) is 0. The van der Waals surface area contributed by atoms with Gasteiger partial charge in [0.1, 0.15) is 6.07 Å². The van der Waals surface area contributed by atoms with Crippen molar-refractivity contribution in [3.63, 3.8) is 0 Å². The highest BCUT2D eigenvalue weighted by Gasteiger charge is 2.13. The third-order valence-electron chi connectivity index (χ3n) is 2.06. The van der Waals surface area contributed by atoms with Crippen molar-refractivity contribution in [2.24, 2.45) is 0 Å². The van der Waals surface area contributed by atoms with Gasteiger partial charge in [-0.15, -0.1) is 0 Å². The average molecular weight is 310 g/mol. The van der Waals surface area contributed by atoms with Crippen LogP contribution in [0.25, 0.3) is 0 Å². The summed E-state index contributed by atoms with van der Waals surface area (Å²) < 4.78 is 0.861. The SMILES string of the molecule is CC(C)(C)NC(=O)CNc1cc(Br)ccc1C#N. The van der Waals surface area contributed by atoms with Gasteiger partial charge in [0.2, 0.25) is 5.91 Å². The lowest BCUT2D eigenvalue weighted by molar-refractivity contribution is -0.120. The standard InChI is InChI=1S/C13H16BrN3O/c1-13(2,3)17-12(18)8-16-11-6-10(14)5-4-9(11)7-15/h4-6,16H,8H2,1-3H3,(H,17,18). The van der Waals surface area contributed by atoms with Crippen LogP contribution >= 0.6 is 15.9 Å². The molecule has 0 spiro atoms. The van der Waals surface area contributed by atoms with Gasteiger partial charge < -0.3 is 10.6 Å². The number of anilines is 1. The Morgan fingerprint density at radius 3 is 2.67 bits per heavy atom. The molecule has 1 aromatic carbocycles. The van der Waals surface area contributed by atoms with E-state index in [1.807, 2.05) is 20.8 Å². The number of benzene rings is 1. The van der Waals surface area contributed by atoms with E-state index in [4.69, 9.17) is 5.26 Å². The minimum atomic E-state index is -0.256. The smallest absolute Gasteiger partial charge is 0.239 e. The van der Waals surface area contributed by atoms with Gasteiger partial charge in [-0.25, -0.2) is 0 Å². The van der Waals surface area contributed by atoms with Crippen molar-refractivity contribution in [2.75, 3.05) is 11.9 Å². The molecule has 0 fully saturated rings. The molecule has 0 saturated carbocycles. The number of nitriles is 1. The van der Waals surface area contributed by atoms with Crippen LogP contribution in [-0.2, 0) is 4.79 Å². The Balaban J connectivity index is 2.67. The first-order chi connectivity index (χ1) is 8.31. The van der Waals surface area contributed by atoms with Gasteiger partial charge in [-0.3, -0.25) is 4.79 Å². The van der Waals surface area contributed by atoms with Gasteiger partial charge in [0.05, 0.1) is 17.8 Å². The number of nitrogens with one attached hydrogen (secondary N) is 2. The van der Waals surface area contributed by atoms with E-state index in [0.717, 1.165) is 4.47 Å². The molecule has 18 heavy (non-hydrogen) atoms. The van der Waals surface area contributed by atoms with E-state index in [-0.39, 0.29) is 18.0 Å². The number of nitrogens with zero attached hydrogens (tertiary/aromatic N) is 1. The van der Waals surface area contributed by atoms with Crippen LogP contribution in [0.1, 0.15) is 26.3 Å². The zero-order valence-electron chi connectivity index (χ0n) is 10.7. The highest BCUT2D eigenvalue weighted by Crippen LogP contribution is 2.20. The first-order valence-electron chi connectivity index (χ1n) is 5.56. The van der Waals surface area contributed by atoms with Gasteiger partial charge >= 0.3 is 0 Å². The number of hydrogen-bond donors (Lipinski definition) is 2. The molecule has 0 atom stereocenters. The van der Waals surface area contributed by atoms with Crippen LogP contribution in [-0.4, -0.2) is 18.0 Å². The first kappa shape index (κ1) is 14.5. The Hall–Kier alpha value is -1.54. The van der Waals surface area contributed by atoms with Crippen LogP contribution in [0, 0.1) is 11.3 Å². The second-order valence-corrected chi connectivity index (χ2v) is 5.87. The second-order valence-electron chi connectivity index (χ2n) is 4.95. The van der Waals surface area contributed by atoms with E-state index in [1.165, 1.54) is 0 Å². The molecule has 0 unspecified atom stereocenters. The monoisotopic (exact) mass is 309 g/mol. The molecule has 0 aromatic heterocycles. The van der Waals surface area contributed by atoms with Crippen molar-refractivity contribution in [3.8, 4) is 6.07 Å². The largest absolute Gasteiger partial charge is 0.375 e. The van der Waals surface area contributed by atoms with Crippen molar-refractivity contribution in [1.29, 1.82) is 5.26 Å². The van der Waals surface area contributed by atoms with Crippen LogP contribution in [0.15, 0.2) is 22.7 Å². The van der Waals surface area contributed by atoms with Crippen LogP contribution in [0.5, 0.6) is 0 Å². The van der Waals surface area contributed by atoms with Gasteiger partial charge in [-0.05, 0) is 39.0 Å². The van der Waals surface area contributed by atoms with E-state index >= 15 is 0 Å². The fraction of sp³-hybridized carbons (Fsp3) is 0.385. The molecule has 0 bridgehead atoms. The van der Waals surface area contributed by atoms with Crippen molar-refractivity contribution >= 4 is 27.5 Å². The number of rotatable bonds is 3. The summed E-state index contributed by atoms with van der Waals surface area (Å²) in [6.45, 7) is 5.91. The maximum absolute atomic E-state index is 11.6. The van der Waals surface area contributed by atoms with Crippen molar-refractivity contribution in [1.82, 2.24) is 5.32 Å². The van der Waals surface area contributed by atoms with Crippen LogP contribution in [0.2, 0.25) is 0 Å². The van der Waals surface area contributed by atoms with Gasteiger partial charge in [-0.2, -0.15) is 5.26 Å². The van der Waals surface area contributed by atoms with Crippen molar-refractivity contribution < 1.29 is 4.79 Å². The van der Waals surface area contributed by atoms with Crippen LogP contribution in [0.4, 0.5) is 5.69 Å². The Bertz CT molecular complexity index is 486. The molecule has 0 aliphatic rings. The Labute approximate surface area is 116 Å². The van der Waals surface area contributed by atoms with Crippen LogP contribution in [0.3, 0.4) is 0 Å². The van der Waals surface area contributed by atoms with Gasteiger partial charge in [0.25, 0.3) is 0 Å². The van der Waals surface area contributed by atoms with Crippen molar-refractivity contribution in [2.45, 2.75) is 26.3 Å². The zero-order valence-corrected chi connectivity index (χ0v) is 12.3. The lowest BCUT2D eigenvalue weighted by Crippen LogP contribution is -2.43. The van der Waals surface area contributed by atoms with E-state index in [0.29, 0.717) is 11.3 Å². The molecular formula is C13H16BrN3O. The summed E-state index contributed by atoms with van der Waals surface area (Å²) in [7, 11) is 0. The normalized spacial score (nSPS) is 10.6. The molecule has 4 nitrogen and oxygen atoms in total. The number of halogens is 1. The maximum Gasteiger partial charge on any atom is 0.239 e. The van der Waals surface area contributed by atoms with Gasteiger partial charge in [0, 0.05) is 10.0 Å². The summed E-state index contributed by atoms with van der Waals surface area (Å²) in [5.41, 5.74) is 0.909. The van der Waals surface area contributed by atoms with Crippen LogP contribution < -0.4 is 10.6 Å². The molecule has 2 N–H and O–H groups in total. The number of carbonyl (C=O) groups excluding carboxylic acids is 1. The summed E-state index contributed by atoms with van der Waals surface area (Å²) >= 11 is 3.33. The summed E-state index contributed by atoms with van der Waals surface area (Å²) in [4.78, 5) is 11.6. The molecule has 96 valence electrons. The Kier molecular flexibility index (Phi) is 4.74. The van der Waals surface area contributed by atoms with E-state index in [9.17, 15) is 4.79 Å². The molecule has 0 heterocycles. The Morgan fingerprint density at radius 2 is 2.11 bits per heavy atom. The number of amides is 1. The summed E-state index contributed by atoms with van der Waals surface area (Å²) in [6, 6.07) is 7.35. The Morgan fingerprint density at radius 1 is 1.44 bits per heavy atom.